The van der Waals surface area contributed by atoms with E-state index in [0.29, 0.717) is 16.0 Å². The van der Waals surface area contributed by atoms with Crippen molar-refractivity contribution in [3.05, 3.63) is 28.0 Å². The smallest absolute Gasteiger partial charge is 0.0760 e. The summed E-state index contributed by atoms with van der Waals surface area (Å²) in [4.78, 5) is 4.29. The molecule has 0 amide bonds. The molecule has 94 valence electrons. The maximum Gasteiger partial charge on any atom is 0.0760 e. The molecule has 0 aromatic carbocycles. The van der Waals surface area contributed by atoms with Crippen LogP contribution < -0.4 is 5.73 Å². The first kappa shape index (κ1) is 13.1. The number of hydrogen-bond acceptors (Lipinski definition) is 2. The number of rotatable bonds is 2. The van der Waals surface area contributed by atoms with Crippen LogP contribution in [0.15, 0.2) is 12.3 Å². The van der Waals surface area contributed by atoms with Crippen molar-refractivity contribution < 1.29 is 0 Å². The Kier molecular flexibility index (Phi) is 4.66. The zero-order valence-electron chi connectivity index (χ0n) is 9.83. The van der Waals surface area contributed by atoms with Crippen LogP contribution in [0, 0.1) is 5.92 Å². The second kappa shape index (κ2) is 6.03. The summed E-state index contributed by atoms with van der Waals surface area (Å²) in [5, 5.41) is 1.15. The molecule has 0 aliphatic heterocycles. The molecule has 1 atom stereocenters. The van der Waals surface area contributed by atoms with Gasteiger partial charge in [0.1, 0.15) is 0 Å². The molecule has 1 aromatic heterocycles. The van der Waals surface area contributed by atoms with Crippen LogP contribution >= 0.6 is 23.2 Å². The molecule has 1 aliphatic rings. The van der Waals surface area contributed by atoms with Crippen molar-refractivity contribution in [3.8, 4) is 0 Å². The number of hydrogen-bond donors (Lipinski definition) is 1. The molecule has 17 heavy (non-hydrogen) atoms. The minimum absolute atomic E-state index is 0.0575. The average Bonchev–Trinajstić information content (AvgIpc) is 2.56. The van der Waals surface area contributed by atoms with Crippen LogP contribution in [0.3, 0.4) is 0 Å². The second-order valence-corrected chi connectivity index (χ2v) is 5.64. The molecule has 4 heteroatoms. The van der Waals surface area contributed by atoms with Crippen LogP contribution in [0.1, 0.15) is 50.3 Å². The molecule has 1 aromatic rings. The molecular weight excluding hydrogens is 255 g/mol. The first-order valence-corrected chi connectivity index (χ1v) is 7.00. The van der Waals surface area contributed by atoms with E-state index in [4.69, 9.17) is 28.9 Å². The lowest BCUT2D eigenvalue weighted by Gasteiger charge is -2.22. The van der Waals surface area contributed by atoms with Crippen molar-refractivity contribution >= 4 is 23.2 Å². The van der Waals surface area contributed by atoms with Gasteiger partial charge in [-0.25, -0.2) is 0 Å². The second-order valence-electron chi connectivity index (χ2n) is 4.80. The minimum Gasteiger partial charge on any atom is -0.322 e. The molecule has 0 saturated heterocycles. The van der Waals surface area contributed by atoms with Crippen molar-refractivity contribution in [1.29, 1.82) is 0 Å². The lowest BCUT2D eigenvalue weighted by molar-refractivity contribution is 0.377. The zero-order valence-corrected chi connectivity index (χ0v) is 11.3. The summed E-state index contributed by atoms with van der Waals surface area (Å²) in [7, 11) is 0. The molecule has 1 aliphatic carbocycles. The van der Waals surface area contributed by atoms with E-state index in [1.54, 1.807) is 12.3 Å². The first-order chi connectivity index (χ1) is 8.18. The van der Waals surface area contributed by atoms with Crippen LogP contribution in [0.5, 0.6) is 0 Å². The summed E-state index contributed by atoms with van der Waals surface area (Å²) in [5.74, 6) is 0.503. The van der Waals surface area contributed by atoms with Crippen LogP contribution in [-0.2, 0) is 0 Å². The molecule has 1 saturated carbocycles. The van der Waals surface area contributed by atoms with Gasteiger partial charge in [-0.15, -0.1) is 0 Å². The third-order valence-corrected chi connectivity index (χ3v) is 4.07. The molecular formula is C13H18Cl2N2. The molecule has 2 N–H and O–H groups in total. The molecule has 0 spiro atoms. The van der Waals surface area contributed by atoms with E-state index in [0.717, 1.165) is 5.69 Å². The number of halogens is 2. The maximum atomic E-state index is 6.30. The number of nitrogens with zero attached hydrogens (tertiary/aromatic N) is 1. The van der Waals surface area contributed by atoms with E-state index in [9.17, 15) is 0 Å². The van der Waals surface area contributed by atoms with Gasteiger partial charge in [-0.05, 0) is 24.8 Å². The van der Waals surface area contributed by atoms with E-state index in [2.05, 4.69) is 4.98 Å². The standard InChI is InChI=1S/C13H18Cl2N2/c14-10-7-11(15)13(17-8-10)12(16)9-5-3-1-2-4-6-9/h7-9,12H,1-6,16H2. The van der Waals surface area contributed by atoms with Crippen molar-refractivity contribution in [3.63, 3.8) is 0 Å². The fourth-order valence-corrected chi connectivity index (χ4v) is 3.07. The summed E-state index contributed by atoms with van der Waals surface area (Å²) >= 11 is 12.0. The third kappa shape index (κ3) is 3.34. The highest BCUT2D eigenvalue weighted by molar-refractivity contribution is 6.34. The topological polar surface area (TPSA) is 38.9 Å². The predicted molar refractivity (Wildman–Crippen MR) is 72.4 cm³/mol. The molecule has 1 fully saturated rings. The predicted octanol–water partition coefficient (Wildman–Crippen LogP) is 4.36. The van der Waals surface area contributed by atoms with E-state index in [1.165, 1.54) is 38.5 Å². The normalized spacial score (nSPS) is 19.9. The monoisotopic (exact) mass is 272 g/mol. The van der Waals surface area contributed by atoms with Crippen molar-refractivity contribution in [2.24, 2.45) is 11.7 Å². The van der Waals surface area contributed by atoms with Crippen molar-refractivity contribution in [2.45, 2.75) is 44.6 Å². The van der Waals surface area contributed by atoms with Gasteiger partial charge in [-0.1, -0.05) is 48.9 Å². The molecule has 0 bridgehead atoms. The SMILES string of the molecule is NC(c1ncc(Cl)cc1Cl)C1CCCCCC1. The van der Waals surface area contributed by atoms with Crippen LogP contribution in [0.4, 0.5) is 0 Å². The summed E-state index contributed by atoms with van der Waals surface area (Å²) < 4.78 is 0. The molecule has 0 radical (unpaired) electrons. The highest BCUT2D eigenvalue weighted by Crippen LogP contribution is 2.34. The Balaban J connectivity index is 2.14. The van der Waals surface area contributed by atoms with Gasteiger partial charge in [-0.2, -0.15) is 0 Å². The Morgan fingerprint density at radius 2 is 1.82 bits per heavy atom. The average molecular weight is 273 g/mol. The van der Waals surface area contributed by atoms with Gasteiger partial charge < -0.3 is 5.73 Å². The highest BCUT2D eigenvalue weighted by Gasteiger charge is 2.23. The van der Waals surface area contributed by atoms with Gasteiger partial charge >= 0.3 is 0 Å². The fraction of sp³-hybridized carbons (Fsp3) is 0.615. The van der Waals surface area contributed by atoms with E-state index in [-0.39, 0.29) is 6.04 Å². The largest absolute Gasteiger partial charge is 0.322 e. The van der Waals surface area contributed by atoms with Gasteiger partial charge in [0.05, 0.1) is 21.8 Å². The molecule has 2 nitrogen and oxygen atoms in total. The Bertz CT molecular complexity index is 374. The third-order valence-electron chi connectivity index (χ3n) is 3.56. The lowest BCUT2D eigenvalue weighted by Crippen LogP contribution is -2.22. The van der Waals surface area contributed by atoms with Crippen LogP contribution in [0.25, 0.3) is 0 Å². The summed E-state index contributed by atoms with van der Waals surface area (Å²) in [6.45, 7) is 0. The van der Waals surface area contributed by atoms with Crippen molar-refractivity contribution in [1.82, 2.24) is 4.98 Å². The Labute approximate surface area is 113 Å². The molecule has 1 heterocycles. The van der Waals surface area contributed by atoms with Crippen molar-refractivity contribution in [2.75, 3.05) is 0 Å². The minimum atomic E-state index is -0.0575. The Morgan fingerprint density at radius 1 is 1.18 bits per heavy atom. The van der Waals surface area contributed by atoms with Crippen LogP contribution in [-0.4, -0.2) is 4.98 Å². The quantitative estimate of drug-likeness (QED) is 0.813. The van der Waals surface area contributed by atoms with Gasteiger partial charge in [0, 0.05) is 6.20 Å². The van der Waals surface area contributed by atoms with Gasteiger partial charge in [0.25, 0.3) is 0 Å². The summed E-state index contributed by atoms with van der Waals surface area (Å²) in [6.07, 6.45) is 9.17. The molecule has 1 unspecified atom stereocenters. The van der Waals surface area contributed by atoms with Gasteiger partial charge in [0.15, 0.2) is 0 Å². The fourth-order valence-electron chi connectivity index (χ4n) is 2.56. The van der Waals surface area contributed by atoms with E-state index < -0.39 is 0 Å². The summed E-state index contributed by atoms with van der Waals surface area (Å²) in [5.41, 5.74) is 7.09. The zero-order chi connectivity index (χ0) is 12.3. The van der Waals surface area contributed by atoms with Crippen LogP contribution in [0.2, 0.25) is 10.0 Å². The first-order valence-electron chi connectivity index (χ1n) is 6.25. The van der Waals surface area contributed by atoms with E-state index in [1.807, 2.05) is 0 Å². The van der Waals surface area contributed by atoms with Gasteiger partial charge in [0.2, 0.25) is 0 Å². The lowest BCUT2D eigenvalue weighted by atomic mass is 9.90. The Hall–Kier alpha value is -0.310. The molecule has 2 rings (SSSR count). The summed E-state index contributed by atoms with van der Waals surface area (Å²) in [6, 6.07) is 1.67. The van der Waals surface area contributed by atoms with E-state index >= 15 is 0 Å². The number of aromatic nitrogens is 1. The Morgan fingerprint density at radius 3 is 2.41 bits per heavy atom. The maximum absolute atomic E-state index is 6.30. The highest BCUT2D eigenvalue weighted by atomic mass is 35.5. The number of nitrogens with two attached hydrogens (primary N) is 1. The van der Waals surface area contributed by atoms with Gasteiger partial charge in [-0.3, -0.25) is 4.98 Å². The number of pyridine rings is 1.